The highest BCUT2D eigenvalue weighted by atomic mass is 16.6. The summed E-state index contributed by atoms with van der Waals surface area (Å²) in [6.07, 6.45) is -0.380. The molecule has 0 bridgehead atoms. The number of carbonyl (C=O) groups is 4. The molecule has 2 aromatic rings. The number of carboxylic acid groups (broad SMARTS) is 1. The molecule has 0 unspecified atom stereocenters. The van der Waals surface area contributed by atoms with E-state index in [0.29, 0.717) is 11.3 Å². The van der Waals surface area contributed by atoms with E-state index in [4.69, 9.17) is 4.74 Å². The lowest BCUT2D eigenvalue weighted by Crippen LogP contribution is -2.45. The van der Waals surface area contributed by atoms with Gasteiger partial charge in [-0.3, -0.25) is 24.5 Å². The van der Waals surface area contributed by atoms with Gasteiger partial charge in [-0.05, 0) is 30.7 Å². The van der Waals surface area contributed by atoms with E-state index >= 15 is 0 Å². The summed E-state index contributed by atoms with van der Waals surface area (Å²) >= 11 is 0. The van der Waals surface area contributed by atoms with Gasteiger partial charge < -0.3 is 20.5 Å². The van der Waals surface area contributed by atoms with Crippen molar-refractivity contribution in [3.05, 3.63) is 69.8 Å². The molecule has 174 valence electrons. The Labute approximate surface area is 188 Å². The third kappa shape index (κ3) is 7.13. The summed E-state index contributed by atoms with van der Waals surface area (Å²) in [4.78, 5) is 58.6. The minimum absolute atomic E-state index is 0.0753. The summed E-state index contributed by atoms with van der Waals surface area (Å²) in [6, 6.07) is 9.38. The average molecular weight is 457 g/mol. The first kappa shape index (κ1) is 25.0. The second kappa shape index (κ2) is 11.4. The van der Waals surface area contributed by atoms with E-state index in [9.17, 15) is 34.4 Å². The Morgan fingerprint density at radius 1 is 1.12 bits per heavy atom. The molecule has 0 aromatic heterocycles. The fourth-order valence-corrected chi connectivity index (χ4v) is 3.17. The number of rotatable bonds is 10. The van der Waals surface area contributed by atoms with Gasteiger partial charge in [0.15, 0.2) is 0 Å². The van der Waals surface area contributed by atoms with Gasteiger partial charge in [-0.25, -0.2) is 4.79 Å². The van der Waals surface area contributed by atoms with Gasteiger partial charge >= 0.3 is 11.9 Å². The Hall–Kier alpha value is -4.28. The van der Waals surface area contributed by atoms with Gasteiger partial charge in [0.1, 0.15) is 6.04 Å². The highest BCUT2D eigenvalue weighted by Crippen LogP contribution is 2.27. The van der Waals surface area contributed by atoms with E-state index in [1.807, 2.05) is 0 Å². The van der Waals surface area contributed by atoms with E-state index in [0.717, 1.165) is 0 Å². The number of carbonyl (C=O) groups excluding carboxylic acids is 3. The molecule has 11 heteroatoms. The highest BCUT2D eigenvalue weighted by Gasteiger charge is 2.33. The number of hydrogen-bond acceptors (Lipinski definition) is 7. The molecule has 0 aliphatic heterocycles. The molecule has 2 aromatic carbocycles. The summed E-state index contributed by atoms with van der Waals surface area (Å²) < 4.78 is 4.94. The number of carboxylic acids is 1. The van der Waals surface area contributed by atoms with Crippen LogP contribution in [0.3, 0.4) is 0 Å². The van der Waals surface area contributed by atoms with Crippen LogP contribution in [0.5, 0.6) is 0 Å². The summed E-state index contributed by atoms with van der Waals surface area (Å²) in [7, 11) is 0. The largest absolute Gasteiger partial charge is 0.480 e. The van der Waals surface area contributed by atoms with Crippen LogP contribution in [0.15, 0.2) is 48.5 Å². The Bertz CT molecular complexity index is 1050. The van der Waals surface area contributed by atoms with Crippen LogP contribution in [0, 0.1) is 10.1 Å². The van der Waals surface area contributed by atoms with Crippen LogP contribution in [-0.4, -0.2) is 46.4 Å². The predicted octanol–water partition coefficient (Wildman–Crippen LogP) is 2.47. The number of amides is 2. The molecule has 0 saturated heterocycles. The molecule has 33 heavy (non-hydrogen) atoms. The van der Waals surface area contributed by atoms with E-state index < -0.39 is 34.7 Å². The molecule has 2 rings (SSSR count). The molecular weight excluding hydrogens is 434 g/mol. The normalized spacial score (nSPS) is 12.2. The van der Waals surface area contributed by atoms with Crippen molar-refractivity contribution >= 4 is 35.1 Å². The van der Waals surface area contributed by atoms with Gasteiger partial charge in [0.25, 0.3) is 11.6 Å². The second-order valence-electron chi connectivity index (χ2n) is 7.02. The van der Waals surface area contributed by atoms with Crippen LogP contribution in [-0.2, 0) is 19.1 Å². The Morgan fingerprint density at radius 3 is 2.33 bits per heavy atom. The van der Waals surface area contributed by atoms with E-state index in [1.165, 1.54) is 49.4 Å². The van der Waals surface area contributed by atoms with Gasteiger partial charge in [-0.1, -0.05) is 18.2 Å². The molecule has 0 radical (unpaired) electrons. The lowest BCUT2D eigenvalue weighted by molar-refractivity contribution is -0.384. The number of esters is 1. The van der Waals surface area contributed by atoms with Crippen LogP contribution in [0.25, 0.3) is 0 Å². The lowest BCUT2D eigenvalue weighted by atomic mass is 9.88. The van der Waals surface area contributed by atoms with Crippen LogP contribution in [0.1, 0.15) is 42.1 Å². The van der Waals surface area contributed by atoms with Gasteiger partial charge in [-0.2, -0.15) is 0 Å². The van der Waals surface area contributed by atoms with Crippen molar-refractivity contribution in [2.24, 2.45) is 0 Å². The van der Waals surface area contributed by atoms with Crippen LogP contribution in [0.4, 0.5) is 11.4 Å². The Balaban J connectivity index is 2.37. The van der Waals surface area contributed by atoms with Gasteiger partial charge in [0.2, 0.25) is 5.91 Å². The molecule has 0 spiro atoms. The molecule has 0 aliphatic carbocycles. The first-order valence-electron chi connectivity index (χ1n) is 9.93. The fraction of sp³-hybridized carbons (Fsp3) is 0.273. The molecule has 0 heterocycles. The van der Waals surface area contributed by atoms with Gasteiger partial charge in [0.05, 0.1) is 18.0 Å². The van der Waals surface area contributed by atoms with Crippen molar-refractivity contribution in [2.75, 3.05) is 11.9 Å². The van der Waals surface area contributed by atoms with Crippen molar-refractivity contribution in [1.82, 2.24) is 5.32 Å². The minimum Gasteiger partial charge on any atom is -0.480 e. The van der Waals surface area contributed by atoms with Gasteiger partial charge in [-0.15, -0.1) is 0 Å². The monoisotopic (exact) mass is 457 g/mol. The van der Waals surface area contributed by atoms with Crippen LogP contribution >= 0.6 is 0 Å². The number of nitro benzene ring substituents is 1. The predicted molar refractivity (Wildman–Crippen MR) is 117 cm³/mol. The van der Waals surface area contributed by atoms with E-state index in [1.54, 1.807) is 13.0 Å². The minimum atomic E-state index is -1.55. The van der Waals surface area contributed by atoms with E-state index in [2.05, 4.69) is 10.6 Å². The number of non-ortho nitro benzene ring substituents is 1. The SMILES string of the molecule is CCOC(=O)C[C@H](c1ccc([N+](=O)[O-])cc1)[C@@H](NC(=O)c1cccc(NC(C)=O)c1)C(=O)O. The third-order valence-corrected chi connectivity index (χ3v) is 4.62. The number of anilines is 1. The first-order valence-corrected chi connectivity index (χ1v) is 9.93. The first-order chi connectivity index (χ1) is 15.6. The number of nitrogens with one attached hydrogen (secondary N) is 2. The number of benzene rings is 2. The van der Waals surface area contributed by atoms with Crippen molar-refractivity contribution in [3.8, 4) is 0 Å². The van der Waals surface area contributed by atoms with Crippen molar-refractivity contribution in [1.29, 1.82) is 0 Å². The summed E-state index contributed by atoms with van der Waals surface area (Å²) in [5, 5.41) is 25.7. The zero-order chi connectivity index (χ0) is 24.5. The van der Waals surface area contributed by atoms with Gasteiger partial charge in [0, 0.05) is 36.2 Å². The molecule has 2 atom stereocenters. The molecule has 3 N–H and O–H groups in total. The maximum absolute atomic E-state index is 12.8. The van der Waals surface area contributed by atoms with Crippen molar-refractivity contribution in [2.45, 2.75) is 32.2 Å². The number of hydrogen-bond donors (Lipinski definition) is 3. The zero-order valence-electron chi connectivity index (χ0n) is 17.9. The molecule has 0 saturated carbocycles. The third-order valence-electron chi connectivity index (χ3n) is 4.62. The zero-order valence-corrected chi connectivity index (χ0v) is 17.9. The Kier molecular flexibility index (Phi) is 8.61. The molecule has 11 nitrogen and oxygen atoms in total. The second-order valence-corrected chi connectivity index (χ2v) is 7.02. The summed E-state index contributed by atoms with van der Waals surface area (Å²) in [5.41, 5.74) is 0.527. The Morgan fingerprint density at radius 2 is 1.79 bits per heavy atom. The number of ether oxygens (including phenoxy) is 1. The number of aliphatic carboxylic acids is 1. The van der Waals surface area contributed by atoms with Crippen molar-refractivity contribution < 1.29 is 33.9 Å². The number of nitro groups is 1. The molecule has 2 amide bonds. The van der Waals surface area contributed by atoms with E-state index in [-0.39, 0.29) is 30.2 Å². The molecule has 0 aliphatic rings. The highest BCUT2D eigenvalue weighted by molar-refractivity contribution is 5.98. The molecule has 0 fully saturated rings. The number of nitrogens with zero attached hydrogens (tertiary/aromatic N) is 1. The summed E-state index contributed by atoms with van der Waals surface area (Å²) in [6.45, 7) is 2.97. The smallest absolute Gasteiger partial charge is 0.326 e. The average Bonchev–Trinajstić information content (AvgIpc) is 2.75. The maximum Gasteiger partial charge on any atom is 0.326 e. The van der Waals surface area contributed by atoms with Crippen molar-refractivity contribution in [3.63, 3.8) is 0 Å². The standard InChI is InChI=1S/C22H23N3O8/c1-3-33-19(27)12-18(14-7-9-17(10-8-14)25(31)32)20(22(29)30)24-21(28)15-5-4-6-16(11-15)23-13(2)26/h4-11,18,20H,3,12H2,1-2H3,(H,23,26)(H,24,28)(H,29,30)/t18-,20-/m1/s1. The fourth-order valence-electron chi connectivity index (χ4n) is 3.17. The topological polar surface area (TPSA) is 165 Å². The van der Waals surface area contributed by atoms with Crippen LogP contribution in [0.2, 0.25) is 0 Å². The maximum atomic E-state index is 12.8. The summed E-state index contributed by atoms with van der Waals surface area (Å²) in [5.74, 6) is -4.25. The lowest BCUT2D eigenvalue weighted by Gasteiger charge is -2.25. The molecular formula is C22H23N3O8. The quantitative estimate of drug-likeness (QED) is 0.278. The van der Waals surface area contributed by atoms with Crippen LogP contribution < -0.4 is 10.6 Å².